The Kier molecular flexibility index (Phi) is 8.36. The highest BCUT2D eigenvalue weighted by atomic mass is 19.1. The Balaban J connectivity index is 3.54. The summed E-state index contributed by atoms with van der Waals surface area (Å²) >= 11 is 0. The van der Waals surface area contributed by atoms with Crippen LogP contribution in [-0.4, -0.2) is 41.6 Å². The van der Waals surface area contributed by atoms with Crippen LogP contribution in [0.15, 0.2) is 0 Å². The Morgan fingerprint density at radius 3 is 2.47 bits per heavy atom. The molecule has 0 aromatic heterocycles. The summed E-state index contributed by atoms with van der Waals surface area (Å²) < 4.78 is 12.8. The predicted octanol–water partition coefficient (Wildman–Crippen LogP) is 2.23. The van der Waals surface area contributed by atoms with E-state index in [4.69, 9.17) is 5.11 Å². The van der Waals surface area contributed by atoms with E-state index in [9.17, 15) is 14.0 Å². The molecule has 1 atom stereocenters. The molecule has 0 bridgehead atoms. The minimum atomic E-state index is -1.01. The summed E-state index contributed by atoms with van der Waals surface area (Å²) in [7, 11) is 1.48. The normalized spacial score (nSPS) is 12.2. The number of alkyl halides is 1. The van der Waals surface area contributed by atoms with E-state index in [1.54, 1.807) is 0 Å². The van der Waals surface area contributed by atoms with Crippen molar-refractivity contribution in [1.82, 2.24) is 4.90 Å². The number of carboxylic acid groups (broad SMARTS) is 1. The van der Waals surface area contributed by atoms with Gasteiger partial charge in [-0.1, -0.05) is 19.8 Å². The fraction of sp³-hybridized carbons (Fsp3) is 0.833. The number of rotatable bonds is 9. The van der Waals surface area contributed by atoms with Gasteiger partial charge in [-0.15, -0.1) is 0 Å². The number of carbonyl (C=O) groups excluding carboxylic acids is 1. The molecule has 0 heterocycles. The van der Waals surface area contributed by atoms with Gasteiger partial charge in [-0.25, -0.2) is 4.39 Å². The Morgan fingerprint density at radius 2 is 1.94 bits per heavy atom. The van der Waals surface area contributed by atoms with Crippen LogP contribution in [0.1, 0.15) is 45.4 Å². The second-order valence-corrected chi connectivity index (χ2v) is 4.25. The number of carbonyl (C=O) groups is 2. The molecular weight excluding hydrogens is 225 g/mol. The van der Waals surface area contributed by atoms with Crippen LogP contribution in [0.3, 0.4) is 0 Å². The van der Waals surface area contributed by atoms with Crippen LogP contribution in [0.4, 0.5) is 4.39 Å². The predicted molar refractivity (Wildman–Crippen MR) is 63.5 cm³/mol. The summed E-state index contributed by atoms with van der Waals surface area (Å²) in [6.45, 7) is 1.55. The summed E-state index contributed by atoms with van der Waals surface area (Å²) in [4.78, 5) is 23.0. The van der Waals surface area contributed by atoms with E-state index in [1.807, 2.05) is 6.92 Å². The maximum atomic E-state index is 12.8. The van der Waals surface area contributed by atoms with Crippen molar-refractivity contribution in [2.75, 3.05) is 13.6 Å². The van der Waals surface area contributed by atoms with Crippen molar-refractivity contribution in [1.29, 1.82) is 0 Å². The minimum absolute atomic E-state index is 0.167. The van der Waals surface area contributed by atoms with Crippen molar-refractivity contribution in [3.63, 3.8) is 0 Å². The summed E-state index contributed by atoms with van der Waals surface area (Å²) in [5.41, 5.74) is 0. The van der Waals surface area contributed by atoms with Gasteiger partial charge in [0.15, 0.2) is 0 Å². The van der Waals surface area contributed by atoms with E-state index in [1.165, 1.54) is 11.9 Å². The SMILES string of the molecule is CCC(F)CCCCCC(=O)N(C)CC(=O)O. The molecule has 1 N–H and O–H groups in total. The molecule has 0 aromatic carbocycles. The second kappa shape index (κ2) is 8.96. The number of nitrogens with zero attached hydrogens (tertiary/aromatic N) is 1. The Bertz CT molecular complexity index is 246. The second-order valence-electron chi connectivity index (χ2n) is 4.25. The highest BCUT2D eigenvalue weighted by Gasteiger charge is 2.11. The Labute approximate surface area is 102 Å². The molecule has 1 unspecified atom stereocenters. The van der Waals surface area contributed by atoms with Crippen LogP contribution < -0.4 is 0 Å². The fourth-order valence-electron chi connectivity index (χ4n) is 1.50. The van der Waals surface area contributed by atoms with Crippen molar-refractivity contribution >= 4 is 11.9 Å². The minimum Gasteiger partial charge on any atom is -0.480 e. The van der Waals surface area contributed by atoms with Gasteiger partial charge in [0.2, 0.25) is 5.91 Å². The lowest BCUT2D eigenvalue weighted by Crippen LogP contribution is -2.31. The molecular formula is C12H22FNO3. The highest BCUT2D eigenvalue weighted by Crippen LogP contribution is 2.11. The Hall–Kier alpha value is -1.13. The number of aliphatic carboxylic acids is 1. The number of likely N-dealkylation sites (N-methyl/N-ethyl adjacent to an activating group) is 1. The Morgan fingerprint density at radius 1 is 1.29 bits per heavy atom. The third-order valence-electron chi connectivity index (χ3n) is 2.65. The number of hydrogen-bond acceptors (Lipinski definition) is 2. The summed E-state index contributed by atoms with van der Waals surface area (Å²) in [5.74, 6) is -1.18. The number of carboxylic acids is 1. The summed E-state index contributed by atoms with van der Waals surface area (Å²) in [6.07, 6.45) is 2.99. The molecule has 17 heavy (non-hydrogen) atoms. The molecule has 0 fully saturated rings. The molecule has 0 saturated carbocycles. The van der Waals surface area contributed by atoms with Gasteiger partial charge in [0.1, 0.15) is 6.54 Å². The van der Waals surface area contributed by atoms with Crippen molar-refractivity contribution in [2.24, 2.45) is 0 Å². The maximum absolute atomic E-state index is 12.8. The molecule has 1 amide bonds. The smallest absolute Gasteiger partial charge is 0.323 e. The molecule has 100 valence electrons. The van der Waals surface area contributed by atoms with Crippen LogP contribution in [0.5, 0.6) is 0 Å². The van der Waals surface area contributed by atoms with Gasteiger partial charge in [-0.3, -0.25) is 9.59 Å². The highest BCUT2D eigenvalue weighted by molar-refractivity contribution is 5.80. The first-order valence-electron chi connectivity index (χ1n) is 6.07. The van der Waals surface area contributed by atoms with Crippen LogP contribution in [0.25, 0.3) is 0 Å². The lowest BCUT2D eigenvalue weighted by Gasteiger charge is -2.14. The fourth-order valence-corrected chi connectivity index (χ4v) is 1.50. The lowest BCUT2D eigenvalue weighted by molar-refractivity contribution is -0.143. The number of amides is 1. The van der Waals surface area contributed by atoms with Gasteiger partial charge in [0.25, 0.3) is 0 Å². The van der Waals surface area contributed by atoms with E-state index in [0.29, 0.717) is 25.7 Å². The molecule has 0 aliphatic heterocycles. The zero-order valence-electron chi connectivity index (χ0n) is 10.6. The summed E-state index contributed by atoms with van der Waals surface area (Å²) in [5, 5.41) is 8.50. The number of unbranched alkanes of at least 4 members (excludes halogenated alkanes) is 2. The van der Waals surface area contributed by atoms with Crippen molar-refractivity contribution in [3.8, 4) is 0 Å². The topological polar surface area (TPSA) is 57.6 Å². The standard InChI is InChI=1S/C12H22FNO3/c1-3-10(13)7-5-4-6-8-11(15)14(2)9-12(16)17/h10H,3-9H2,1-2H3,(H,16,17). The molecule has 0 saturated heterocycles. The van der Waals surface area contributed by atoms with E-state index in [2.05, 4.69) is 0 Å². The van der Waals surface area contributed by atoms with E-state index >= 15 is 0 Å². The van der Waals surface area contributed by atoms with Gasteiger partial charge in [-0.05, 0) is 19.3 Å². The van der Waals surface area contributed by atoms with E-state index in [-0.39, 0.29) is 12.5 Å². The molecule has 0 aliphatic carbocycles. The quantitative estimate of drug-likeness (QED) is 0.636. The van der Waals surface area contributed by atoms with Crippen LogP contribution in [0, 0.1) is 0 Å². The van der Waals surface area contributed by atoms with Crippen LogP contribution in [-0.2, 0) is 9.59 Å². The molecule has 4 nitrogen and oxygen atoms in total. The third kappa shape index (κ3) is 8.65. The molecule has 0 aliphatic rings. The van der Waals surface area contributed by atoms with Gasteiger partial charge in [0.05, 0.1) is 6.17 Å². The van der Waals surface area contributed by atoms with Gasteiger partial charge >= 0.3 is 5.97 Å². The number of halogens is 1. The van der Waals surface area contributed by atoms with Crippen LogP contribution in [0.2, 0.25) is 0 Å². The monoisotopic (exact) mass is 247 g/mol. The van der Waals surface area contributed by atoms with Crippen molar-refractivity contribution < 1.29 is 19.1 Å². The van der Waals surface area contributed by atoms with Crippen LogP contribution >= 0.6 is 0 Å². The van der Waals surface area contributed by atoms with Gasteiger partial charge in [-0.2, -0.15) is 0 Å². The zero-order valence-corrected chi connectivity index (χ0v) is 10.6. The molecule has 0 spiro atoms. The number of hydrogen-bond donors (Lipinski definition) is 1. The van der Waals surface area contributed by atoms with Crippen molar-refractivity contribution in [2.45, 2.75) is 51.6 Å². The van der Waals surface area contributed by atoms with E-state index in [0.717, 1.165) is 12.8 Å². The average Bonchev–Trinajstić information content (AvgIpc) is 2.26. The van der Waals surface area contributed by atoms with Crippen molar-refractivity contribution in [3.05, 3.63) is 0 Å². The molecule has 5 heteroatoms. The summed E-state index contributed by atoms with van der Waals surface area (Å²) in [6, 6.07) is 0. The molecule has 0 aromatic rings. The third-order valence-corrected chi connectivity index (χ3v) is 2.65. The largest absolute Gasteiger partial charge is 0.480 e. The molecule has 0 radical (unpaired) electrons. The first-order valence-corrected chi connectivity index (χ1v) is 6.07. The van der Waals surface area contributed by atoms with Gasteiger partial charge < -0.3 is 10.0 Å². The first kappa shape index (κ1) is 15.9. The maximum Gasteiger partial charge on any atom is 0.323 e. The first-order chi connectivity index (χ1) is 7.97. The zero-order chi connectivity index (χ0) is 13.3. The van der Waals surface area contributed by atoms with Gasteiger partial charge in [0, 0.05) is 13.5 Å². The molecule has 0 rings (SSSR count). The average molecular weight is 247 g/mol. The lowest BCUT2D eigenvalue weighted by atomic mass is 10.1. The van der Waals surface area contributed by atoms with E-state index < -0.39 is 12.1 Å².